The number of nitrogens with two attached hydrogens (primary N) is 1. The van der Waals surface area contributed by atoms with Crippen molar-refractivity contribution in [2.75, 3.05) is 10.6 Å². The fourth-order valence-corrected chi connectivity index (χ4v) is 5.05. The molecule has 0 aromatic heterocycles. The summed E-state index contributed by atoms with van der Waals surface area (Å²) in [5.41, 5.74) is 7.70. The molecule has 4 rings (SSSR count). The van der Waals surface area contributed by atoms with Crippen molar-refractivity contribution in [3.63, 3.8) is 0 Å². The molecule has 0 fully saturated rings. The summed E-state index contributed by atoms with van der Waals surface area (Å²) in [7, 11) is 0. The number of carbonyl (C=O) groups is 3. The second-order valence-electron chi connectivity index (χ2n) is 7.91. The topological polar surface area (TPSA) is 101 Å². The first-order valence-electron chi connectivity index (χ1n) is 11.1. The first-order chi connectivity index (χ1) is 17.8. The maximum atomic E-state index is 13.4. The van der Waals surface area contributed by atoms with Crippen LogP contribution in [0.15, 0.2) is 102 Å². The standard InChI is InChI=1S/C28H21Cl2N3O3S/c29-18-10-15-21(23(30)16-18)27(35)32-19-11-13-20(14-12-19)37-25(17-6-2-1-3-7-17)28(36)33-24-9-5-4-8-22(24)26(31)34/h1-16,25H,(H2,31,34)(H,32,35)(H,33,36). The highest BCUT2D eigenvalue weighted by Crippen LogP contribution is 2.37. The number of nitrogens with one attached hydrogen (secondary N) is 2. The van der Waals surface area contributed by atoms with Gasteiger partial charge in [0.2, 0.25) is 5.91 Å². The fraction of sp³-hybridized carbons (Fsp3) is 0.0357. The van der Waals surface area contributed by atoms with Crippen molar-refractivity contribution in [1.82, 2.24) is 0 Å². The number of hydrogen-bond acceptors (Lipinski definition) is 4. The number of thioether (sulfide) groups is 1. The van der Waals surface area contributed by atoms with Crippen LogP contribution >= 0.6 is 35.0 Å². The SMILES string of the molecule is NC(=O)c1ccccc1NC(=O)C(Sc1ccc(NC(=O)c2ccc(Cl)cc2Cl)cc1)c1ccccc1. The van der Waals surface area contributed by atoms with Crippen LogP contribution in [0.1, 0.15) is 31.5 Å². The third kappa shape index (κ3) is 6.71. The Balaban J connectivity index is 1.52. The molecule has 37 heavy (non-hydrogen) atoms. The number of para-hydroxylation sites is 1. The van der Waals surface area contributed by atoms with Crippen LogP contribution in [-0.2, 0) is 4.79 Å². The predicted octanol–water partition coefficient (Wildman–Crippen LogP) is 6.82. The van der Waals surface area contributed by atoms with Crippen LogP contribution in [-0.4, -0.2) is 17.7 Å². The highest BCUT2D eigenvalue weighted by Gasteiger charge is 2.23. The molecule has 4 N–H and O–H groups in total. The monoisotopic (exact) mass is 549 g/mol. The molecule has 0 saturated heterocycles. The molecule has 0 spiro atoms. The van der Waals surface area contributed by atoms with Gasteiger partial charge in [0, 0.05) is 15.6 Å². The molecule has 0 aliphatic rings. The minimum Gasteiger partial charge on any atom is -0.366 e. The molecule has 186 valence electrons. The smallest absolute Gasteiger partial charge is 0.257 e. The lowest BCUT2D eigenvalue weighted by molar-refractivity contribution is -0.115. The Morgan fingerprint density at radius 3 is 2.11 bits per heavy atom. The second kappa shape index (κ2) is 12.0. The molecule has 0 aliphatic heterocycles. The molecule has 9 heteroatoms. The lowest BCUT2D eigenvalue weighted by atomic mass is 10.1. The van der Waals surface area contributed by atoms with Crippen LogP contribution in [0.3, 0.4) is 0 Å². The molecule has 0 heterocycles. The summed E-state index contributed by atoms with van der Waals surface area (Å²) in [5.74, 6) is -1.30. The molecule has 4 aromatic rings. The molecule has 1 unspecified atom stereocenters. The van der Waals surface area contributed by atoms with Gasteiger partial charge in [-0.2, -0.15) is 0 Å². The normalized spacial score (nSPS) is 11.4. The van der Waals surface area contributed by atoms with E-state index in [4.69, 9.17) is 28.9 Å². The Hall–Kier alpha value is -3.78. The van der Waals surface area contributed by atoms with Crippen LogP contribution in [0.4, 0.5) is 11.4 Å². The molecule has 4 aromatic carbocycles. The van der Waals surface area contributed by atoms with Gasteiger partial charge in [-0.05, 0) is 60.2 Å². The largest absolute Gasteiger partial charge is 0.366 e. The van der Waals surface area contributed by atoms with Crippen LogP contribution in [0.2, 0.25) is 10.0 Å². The second-order valence-corrected chi connectivity index (χ2v) is 9.93. The van der Waals surface area contributed by atoms with Gasteiger partial charge < -0.3 is 16.4 Å². The van der Waals surface area contributed by atoms with Crippen molar-refractivity contribution in [3.05, 3.63) is 124 Å². The van der Waals surface area contributed by atoms with E-state index in [2.05, 4.69) is 10.6 Å². The quantitative estimate of drug-likeness (QED) is 0.210. The number of primary amides is 1. The van der Waals surface area contributed by atoms with E-state index in [1.807, 2.05) is 42.5 Å². The summed E-state index contributed by atoms with van der Waals surface area (Å²) in [6, 6.07) is 27.7. The summed E-state index contributed by atoms with van der Waals surface area (Å²) in [6.45, 7) is 0. The van der Waals surface area contributed by atoms with Crippen molar-refractivity contribution in [2.45, 2.75) is 10.1 Å². The van der Waals surface area contributed by atoms with Crippen molar-refractivity contribution >= 4 is 64.1 Å². The molecule has 0 bridgehead atoms. The van der Waals surface area contributed by atoms with Gasteiger partial charge in [0.1, 0.15) is 5.25 Å². The van der Waals surface area contributed by atoms with Gasteiger partial charge >= 0.3 is 0 Å². The van der Waals surface area contributed by atoms with Gasteiger partial charge in [-0.3, -0.25) is 14.4 Å². The van der Waals surface area contributed by atoms with E-state index in [0.717, 1.165) is 10.5 Å². The maximum absolute atomic E-state index is 13.4. The number of anilines is 2. The van der Waals surface area contributed by atoms with Gasteiger partial charge in [-0.25, -0.2) is 0 Å². The lowest BCUT2D eigenvalue weighted by Gasteiger charge is -2.18. The van der Waals surface area contributed by atoms with E-state index < -0.39 is 11.2 Å². The number of hydrogen-bond donors (Lipinski definition) is 3. The van der Waals surface area contributed by atoms with Gasteiger partial charge in [0.05, 0.1) is 21.8 Å². The third-order valence-corrected chi connectivity index (χ3v) is 7.15. The minimum absolute atomic E-state index is 0.230. The average Bonchev–Trinajstić information content (AvgIpc) is 2.88. The number of amides is 3. The highest BCUT2D eigenvalue weighted by atomic mass is 35.5. The van der Waals surface area contributed by atoms with E-state index in [9.17, 15) is 14.4 Å². The van der Waals surface area contributed by atoms with Gasteiger partial charge in [0.15, 0.2) is 0 Å². The molecular weight excluding hydrogens is 529 g/mol. The summed E-state index contributed by atoms with van der Waals surface area (Å²) >= 11 is 13.4. The Labute approximate surface area is 228 Å². The zero-order valence-corrected chi connectivity index (χ0v) is 21.6. The Bertz CT molecular complexity index is 1450. The molecule has 0 saturated carbocycles. The molecule has 6 nitrogen and oxygen atoms in total. The lowest BCUT2D eigenvalue weighted by Crippen LogP contribution is -2.22. The minimum atomic E-state index is -0.627. The summed E-state index contributed by atoms with van der Waals surface area (Å²) in [5, 5.41) is 5.72. The summed E-state index contributed by atoms with van der Waals surface area (Å²) in [6.07, 6.45) is 0. The van der Waals surface area contributed by atoms with Crippen LogP contribution < -0.4 is 16.4 Å². The Morgan fingerprint density at radius 2 is 1.43 bits per heavy atom. The van der Waals surface area contributed by atoms with Crippen LogP contribution in [0.25, 0.3) is 0 Å². The molecule has 1 atom stereocenters. The maximum Gasteiger partial charge on any atom is 0.257 e. The predicted molar refractivity (Wildman–Crippen MR) is 149 cm³/mol. The third-order valence-electron chi connectivity index (χ3n) is 5.33. The van der Waals surface area contributed by atoms with Gasteiger partial charge in [-0.15, -0.1) is 11.8 Å². The number of benzene rings is 4. The summed E-state index contributed by atoms with van der Waals surface area (Å²) < 4.78 is 0. The Morgan fingerprint density at radius 1 is 0.757 bits per heavy atom. The number of carbonyl (C=O) groups excluding carboxylic acids is 3. The summed E-state index contributed by atoms with van der Waals surface area (Å²) in [4.78, 5) is 38.5. The fourth-order valence-electron chi connectivity index (χ4n) is 3.53. The Kier molecular flexibility index (Phi) is 8.50. The van der Waals surface area contributed by atoms with E-state index in [1.54, 1.807) is 48.5 Å². The van der Waals surface area contributed by atoms with Gasteiger partial charge in [-0.1, -0.05) is 65.7 Å². The van der Waals surface area contributed by atoms with Crippen LogP contribution in [0.5, 0.6) is 0 Å². The van der Waals surface area contributed by atoms with E-state index in [0.29, 0.717) is 22.0 Å². The first-order valence-corrected chi connectivity index (χ1v) is 12.7. The molecule has 0 aliphatic carbocycles. The molecular formula is C28H21Cl2N3O3S. The van der Waals surface area contributed by atoms with Crippen LogP contribution in [0, 0.1) is 0 Å². The first kappa shape index (κ1) is 26.3. The molecule has 0 radical (unpaired) electrons. The zero-order chi connectivity index (χ0) is 26.4. The zero-order valence-electron chi connectivity index (χ0n) is 19.3. The average molecular weight is 550 g/mol. The molecule has 3 amide bonds. The van der Waals surface area contributed by atoms with Gasteiger partial charge in [0.25, 0.3) is 11.8 Å². The number of rotatable bonds is 8. The van der Waals surface area contributed by atoms with Crippen molar-refractivity contribution in [2.24, 2.45) is 5.73 Å². The van der Waals surface area contributed by atoms with Crippen molar-refractivity contribution in [1.29, 1.82) is 0 Å². The highest BCUT2D eigenvalue weighted by molar-refractivity contribution is 8.00. The van der Waals surface area contributed by atoms with Crippen molar-refractivity contribution in [3.8, 4) is 0 Å². The van der Waals surface area contributed by atoms with Crippen molar-refractivity contribution < 1.29 is 14.4 Å². The van der Waals surface area contributed by atoms with E-state index in [1.165, 1.54) is 17.8 Å². The number of halogens is 2. The van der Waals surface area contributed by atoms with E-state index >= 15 is 0 Å². The van der Waals surface area contributed by atoms with E-state index in [-0.39, 0.29) is 22.4 Å².